The number of carbonyl (C=O) groups is 1. The van der Waals surface area contributed by atoms with Crippen LogP contribution in [0, 0.1) is 0 Å². The van der Waals surface area contributed by atoms with Gasteiger partial charge in [-0.05, 0) is 34.1 Å². The first-order valence-corrected chi connectivity index (χ1v) is 6.19. The third-order valence-electron chi connectivity index (χ3n) is 3.35. The van der Waals surface area contributed by atoms with Crippen molar-refractivity contribution in [3.8, 4) is 0 Å². The zero-order valence-electron chi connectivity index (χ0n) is 11.7. The molecule has 5 heteroatoms. The molecular formula is C13H21N3O2. The number of ether oxygens (including phenoxy) is 1. The summed E-state index contributed by atoms with van der Waals surface area (Å²) in [6.45, 7) is 8.11. The molecule has 1 aromatic rings. The minimum Gasteiger partial charge on any atom is -0.367 e. The Balaban J connectivity index is 2.08. The van der Waals surface area contributed by atoms with Crippen molar-refractivity contribution in [2.75, 3.05) is 0 Å². The van der Waals surface area contributed by atoms with Gasteiger partial charge in [0.1, 0.15) is 0 Å². The van der Waals surface area contributed by atoms with Crippen molar-refractivity contribution in [2.45, 2.75) is 51.4 Å². The molecule has 2 heterocycles. The molecule has 1 amide bonds. The van der Waals surface area contributed by atoms with Crippen molar-refractivity contribution < 1.29 is 9.53 Å². The highest BCUT2D eigenvalue weighted by molar-refractivity contribution is 5.94. The lowest BCUT2D eigenvalue weighted by atomic mass is 9.94. The molecule has 1 saturated heterocycles. The molecule has 0 aliphatic carbocycles. The second-order valence-electron chi connectivity index (χ2n) is 6.10. The third-order valence-corrected chi connectivity index (χ3v) is 3.35. The highest BCUT2D eigenvalue weighted by Crippen LogP contribution is 2.37. The zero-order chi connectivity index (χ0) is 13.6. The second-order valence-corrected chi connectivity index (χ2v) is 6.10. The Hall–Kier alpha value is -1.36. The van der Waals surface area contributed by atoms with Crippen LogP contribution in [0.3, 0.4) is 0 Å². The van der Waals surface area contributed by atoms with E-state index in [-0.39, 0.29) is 23.2 Å². The van der Waals surface area contributed by atoms with Crippen molar-refractivity contribution in [1.82, 2.24) is 15.1 Å². The third kappa shape index (κ3) is 2.56. The van der Waals surface area contributed by atoms with E-state index in [9.17, 15) is 4.79 Å². The van der Waals surface area contributed by atoms with E-state index >= 15 is 0 Å². The Bertz CT molecular complexity index is 463. The Morgan fingerprint density at radius 3 is 2.61 bits per heavy atom. The highest BCUT2D eigenvalue weighted by atomic mass is 16.5. The molecule has 18 heavy (non-hydrogen) atoms. The number of aromatic nitrogens is 2. The van der Waals surface area contributed by atoms with E-state index in [1.54, 1.807) is 24.1 Å². The normalized spacial score (nSPS) is 25.1. The number of nitrogens with one attached hydrogen (secondary N) is 1. The fraction of sp³-hybridized carbons (Fsp3) is 0.692. The summed E-state index contributed by atoms with van der Waals surface area (Å²) in [4.78, 5) is 12.1. The van der Waals surface area contributed by atoms with Crippen molar-refractivity contribution in [3.05, 3.63) is 18.0 Å². The number of amides is 1. The molecule has 2 rings (SSSR count). The molecule has 0 unspecified atom stereocenters. The molecule has 1 N–H and O–H groups in total. The van der Waals surface area contributed by atoms with Crippen LogP contribution in [0.1, 0.15) is 44.5 Å². The summed E-state index contributed by atoms with van der Waals surface area (Å²) in [5.74, 6) is -0.0949. The lowest BCUT2D eigenvalue weighted by molar-refractivity contribution is -0.0693. The lowest BCUT2D eigenvalue weighted by Crippen LogP contribution is -2.46. The van der Waals surface area contributed by atoms with Crippen LogP contribution in [-0.2, 0) is 11.8 Å². The number of carbonyl (C=O) groups excluding carboxylic acids is 1. The summed E-state index contributed by atoms with van der Waals surface area (Å²) in [6, 6.07) is 0.0141. The van der Waals surface area contributed by atoms with Gasteiger partial charge in [0.05, 0.1) is 29.0 Å². The molecule has 100 valence electrons. The van der Waals surface area contributed by atoms with Gasteiger partial charge in [0, 0.05) is 13.2 Å². The summed E-state index contributed by atoms with van der Waals surface area (Å²) in [6.07, 6.45) is 4.10. The fourth-order valence-electron chi connectivity index (χ4n) is 2.57. The Kier molecular flexibility index (Phi) is 2.97. The van der Waals surface area contributed by atoms with E-state index in [2.05, 4.69) is 10.4 Å². The first-order chi connectivity index (χ1) is 8.20. The van der Waals surface area contributed by atoms with Crippen molar-refractivity contribution in [1.29, 1.82) is 0 Å². The van der Waals surface area contributed by atoms with E-state index in [1.165, 1.54) is 0 Å². The van der Waals surface area contributed by atoms with Crippen LogP contribution in [0.4, 0.5) is 0 Å². The van der Waals surface area contributed by atoms with Gasteiger partial charge in [-0.3, -0.25) is 9.48 Å². The molecule has 0 bridgehead atoms. The molecule has 1 aromatic heterocycles. The second kappa shape index (κ2) is 4.09. The summed E-state index contributed by atoms with van der Waals surface area (Å²) in [5.41, 5.74) is 0.0376. The fourth-order valence-corrected chi connectivity index (χ4v) is 2.57. The molecule has 1 aliphatic heterocycles. The van der Waals surface area contributed by atoms with Crippen molar-refractivity contribution in [3.63, 3.8) is 0 Å². The monoisotopic (exact) mass is 251 g/mol. The van der Waals surface area contributed by atoms with E-state index < -0.39 is 0 Å². The smallest absolute Gasteiger partial charge is 0.254 e. The van der Waals surface area contributed by atoms with Gasteiger partial charge in [-0.25, -0.2) is 0 Å². The van der Waals surface area contributed by atoms with Crippen LogP contribution in [-0.4, -0.2) is 32.9 Å². The topological polar surface area (TPSA) is 56.2 Å². The number of hydrogen-bond donors (Lipinski definition) is 1. The van der Waals surface area contributed by atoms with E-state index in [0.717, 1.165) is 6.42 Å². The first-order valence-electron chi connectivity index (χ1n) is 6.19. The van der Waals surface area contributed by atoms with Gasteiger partial charge >= 0.3 is 0 Å². The summed E-state index contributed by atoms with van der Waals surface area (Å²) >= 11 is 0. The van der Waals surface area contributed by atoms with Crippen LogP contribution in [0.2, 0.25) is 0 Å². The van der Waals surface area contributed by atoms with Crippen LogP contribution < -0.4 is 5.32 Å². The maximum absolute atomic E-state index is 12.1. The molecule has 0 spiro atoms. The van der Waals surface area contributed by atoms with Gasteiger partial charge in [-0.15, -0.1) is 0 Å². The standard InChI is InChI=1S/C13H21N3O2/c1-12(2)6-10(13(3,4)18-12)15-11(17)9-7-14-16(5)8-9/h7-8,10H,6H2,1-5H3,(H,15,17)/t10-/m0/s1. The van der Waals surface area contributed by atoms with E-state index in [4.69, 9.17) is 4.74 Å². The number of hydrogen-bond acceptors (Lipinski definition) is 3. The molecule has 5 nitrogen and oxygen atoms in total. The number of aryl methyl sites for hydroxylation is 1. The maximum atomic E-state index is 12.1. The van der Waals surface area contributed by atoms with Gasteiger partial charge in [-0.2, -0.15) is 5.10 Å². The first kappa shape index (κ1) is 13.1. The minimum atomic E-state index is -0.346. The van der Waals surface area contributed by atoms with Gasteiger partial charge in [0.2, 0.25) is 0 Å². The van der Waals surface area contributed by atoms with Crippen LogP contribution >= 0.6 is 0 Å². The summed E-state index contributed by atoms with van der Waals surface area (Å²) < 4.78 is 7.58. The van der Waals surface area contributed by atoms with Crippen molar-refractivity contribution in [2.24, 2.45) is 7.05 Å². The SMILES string of the molecule is Cn1cc(C(=O)N[C@H]2CC(C)(C)OC2(C)C)cn1. The number of nitrogens with zero attached hydrogens (tertiary/aromatic N) is 2. The zero-order valence-corrected chi connectivity index (χ0v) is 11.7. The van der Waals surface area contributed by atoms with Crippen LogP contribution in [0.15, 0.2) is 12.4 Å². The Morgan fingerprint density at radius 2 is 2.17 bits per heavy atom. The molecule has 1 aliphatic rings. The highest BCUT2D eigenvalue weighted by Gasteiger charge is 2.46. The molecule has 1 fully saturated rings. The molecule has 0 aromatic carbocycles. The number of rotatable bonds is 2. The van der Waals surface area contributed by atoms with Gasteiger partial charge in [0.25, 0.3) is 5.91 Å². The maximum Gasteiger partial charge on any atom is 0.254 e. The quantitative estimate of drug-likeness (QED) is 0.866. The predicted molar refractivity (Wildman–Crippen MR) is 68.3 cm³/mol. The van der Waals surface area contributed by atoms with Gasteiger partial charge in [0.15, 0.2) is 0 Å². The van der Waals surface area contributed by atoms with E-state index in [1.807, 2.05) is 27.7 Å². The molecule has 0 saturated carbocycles. The van der Waals surface area contributed by atoms with Crippen LogP contribution in [0.25, 0.3) is 0 Å². The summed E-state index contributed by atoms with van der Waals surface area (Å²) in [5, 5.41) is 7.04. The molecular weight excluding hydrogens is 230 g/mol. The lowest BCUT2D eigenvalue weighted by Gasteiger charge is -2.27. The average molecular weight is 251 g/mol. The Morgan fingerprint density at radius 1 is 1.50 bits per heavy atom. The largest absolute Gasteiger partial charge is 0.367 e. The van der Waals surface area contributed by atoms with E-state index in [0.29, 0.717) is 5.56 Å². The van der Waals surface area contributed by atoms with Gasteiger partial charge < -0.3 is 10.1 Å². The minimum absolute atomic E-state index is 0.0141. The summed E-state index contributed by atoms with van der Waals surface area (Å²) in [7, 11) is 1.79. The van der Waals surface area contributed by atoms with Gasteiger partial charge in [-0.1, -0.05) is 0 Å². The molecule has 0 radical (unpaired) electrons. The predicted octanol–water partition coefficient (Wildman–Crippen LogP) is 1.50. The average Bonchev–Trinajstić information content (AvgIpc) is 2.68. The Labute approximate surface area is 108 Å². The van der Waals surface area contributed by atoms with Crippen molar-refractivity contribution >= 4 is 5.91 Å². The molecule has 1 atom stereocenters. The van der Waals surface area contributed by atoms with Crippen LogP contribution in [0.5, 0.6) is 0 Å².